The highest BCUT2D eigenvalue weighted by Gasteiger charge is 2.43. The van der Waals surface area contributed by atoms with Crippen LogP contribution in [0.1, 0.15) is 42.0 Å². The van der Waals surface area contributed by atoms with Gasteiger partial charge in [0.15, 0.2) is 0 Å². The van der Waals surface area contributed by atoms with Gasteiger partial charge in [0.1, 0.15) is 5.75 Å². The molecule has 146 valence electrons. The molecule has 1 fully saturated rings. The molecule has 2 unspecified atom stereocenters. The Kier molecular flexibility index (Phi) is 5.67. The summed E-state index contributed by atoms with van der Waals surface area (Å²) in [5.41, 5.74) is 4.78. The van der Waals surface area contributed by atoms with Crippen LogP contribution in [-0.2, 0) is 4.57 Å². The molecule has 0 bridgehead atoms. The van der Waals surface area contributed by atoms with Crippen molar-refractivity contribution in [3.05, 3.63) is 52.8 Å². The number of phenols is 1. The quantitative estimate of drug-likeness (QED) is 0.665. The zero-order valence-corrected chi connectivity index (χ0v) is 17.9. The summed E-state index contributed by atoms with van der Waals surface area (Å²) >= 11 is 0. The molecule has 27 heavy (non-hydrogen) atoms. The third-order valence-electron chi connectivity index (χ3n) is 6.05. The number of nitrogens with zero attached hydrogens (tertiary/aromatic N) is 1. The Bertz CT molecular complexity index is 867. The average molecular weight is 386 g/mol. The molecule has 1 aliphatic heterocycles. The van der Waals surface area contributed by atoms with Gasteiger partial charge in [-0.05, 0) is 61.9 Å². The highest BCUT2D eigenvalue weighted by Crippen LogP contribution is 2.66. The Hall–Kier alpha value is -1.80. The van der Waals surface area contributed by atoms with Gasteiger partial charge in [0.05, 0.1) is 24.2 Å². The predicted octanol–water partition coefficient (Wildman–Crippen LogP) is 5.51. The topological polar surface area (TPSA) is 62.2 Å². The SMILES string of the molecule is Cc1ccc(NCC(c2ccc(O)c(C)c2)P2(=O)C[C@@H](C)[C@@H](C)C2)c(C)n1. The van der Waals surface area contributed by atoms with E-state index in [0.717, 1.165) is 40.5 Å². The summed E-state index contributed by atoms with van der Waals surface area (Å²) in [4.78, 5) is 4.52. The number of phenolic OH excluding ortho intramolecular Hbond substituents is 1. The van der Waals surface area contributed by atoms with E-state index < -0.39 is 7.14 Å². The summed E-state index contributed by atoms with van der Waals surface area (Å²) < 4.78 is 14.0. The number of pyridine rings is 1. The van der Waals surface area contributed by atoms with E-state index in [9.17, 15) is 9.67 Å². The minimum absolute atomic E-state index is 0.0510. The normalized spacial score (nSPS) is 26.1. The molecule has 0 radical (unpaired) electrons. The Morgan fingerprint density at radius 2 is 1.81 bits per heavy atom. The number of anilines is 1. The van der Waals surface area contributed by atoms with Crippen molar-refractivity contribution < 1.29 is 9.67 Å². The van der Waals surface area contributed by atoms with E-state index in [0.29, 0.717) is 18.4 Å². The molecule has 2 aromatic rings. The van der Waals surface area contributed by atoms with Gasteiger partial charge >= 0.3 is 0 Å². The molecule has 2 heterocycles. The first-order valence-electron chi connectivity index (χ1n) is 9.75. The molecule has 3 rings (SSSR count). The van der Waals surface area contributed by atoms with Crippen LogP contribution in [0.2, 0.25) is 0 Å². The van der Waals surface area contributed by atoms with Crippen LogP contribution in [0.3, 0.4) is 0 Å². The highest BCUT2D eigenvalue weighted by molar-refractivity contribution is 7.64. The number of aromatic nitrogens is 1. The fraction of sp³-hybridized carbons (Fsp3) is 0.500. The molecule has 1 aromatic carbocycles. The maximum Gasteiger partial charge on any atom is 0.118 e. The first kappa shape index (κ1) is 19.9. The Morgan fingerprint density at radius 3 is 2.41 bits per heavy atom. The molecule has 4 nitrogen and oxygen atoms in total. The van der Waals surface area contributed by atoms with Crippen LogP contribution in [-0.4, -0.2) is 29.0 Å². The second-order valence-corrected chi connectivity index (χ2v) is 11.6. The summed E-state index contributed by atoms with van der Waals surface area (Å²) in [7, 11) is -2.38. The maximum atomic E-state index is 14.0. The van der Waals surface area contributed by atoms with E-state index in [2.05, 4.69) is 24.1 Å². The van der Waals surface area contributed by atoms with Crippen molar-refractivity contribution in [2.45, 2.75) is 40.3 Å². The smallest absolute Gasteiger partial charge is 0.118 e. The Morgan fingerprint density at radius 1 is 1.15 bits per heavy atom. The summed E-state index contributed by atoms with van der Waals surface area (Å²) in [6.07, 6.45) is 1.59. The highest BCUT2D eigenvalue weighted by atomic mass is 31.2. The lowest BCUT2D eigenvalue weighted by molar-refractivity contribution is 0.470. The van der Waals surface area contributed by atoms with Crippen molar-refractivity contribution in [2.75, 3.05) is 24.2 Å². The molecule has 0 spiro atoms. The van der Waals surface area contributed by atoms with Crippen molar-refractivity contribution >= 4 is 12.8 Å². The number of rotatable bonds is 5. The molecule has 1 aliphatic rings. The van der Waals surface area contributed by atoms with Crippen LogP contribution < -0.4 is 5.32 Å². The third kappa shape index (κ3) is 4.21. The molecule has 0 aliphatic carbocycles. The van der Waals surface area contributed by atoms with Crippen molar-refractivity contribution in [1.82, 2.24) is 4.98 Å². The number of hydrogen-bond acceptors (Lipinski definition) is 4. The number of aromatic hydroxyl groups is 1. The number of aryl methyl sites for hydroxylation is 3. The maximum absolute atomic E-state index is 14.0. The zero-order chi connectivity index (χ0) is 19.8. The largest absolute Gasteiger partial charge is 0.508 e. The van der Waals surface area contributed by atoms with Crippen LogP contribution in [0.25, 0.3) is 0 Å². The first-order chi connectivity index (χ1) is 12.7. The summed E-state index contributed by atoms with van der Waals surface area (Å²) in [5, 5.41) is 13.4. The van der Waals surface area contributed by atoms with Crippen LogP contribution in [0.4, 0.5) is 5.69 Å². The van der Waals surface area contributed by atoms with Gasteiger partial charge in [-0.15, -0.1) is 0 Å². The van der Waals surface area contributed by atoms with Gasteiger partial charge in [-0.1, -0.05) is 26.0 Å². The van der Waals surface area contributed by atoms with E-state index in [1.54, 1.807) is 6.07 Å². The van der Waals surface area contributed by atoms with Gasteiger partial charge in [0, 0.05) is 24.6 Å². The lowest BCUT2D eigenvalue weighted by atomic mass is 10.0. The fourth-order valence-corrected chi connectivity index (χ4v) is 8.64. The average Bonchev–Trinajstić information content (AvgIpc) is 2.85. The summed E-state index contributed by atoms with van der Waals surface area (Å²) in [6.45, 7) is 10.9. The number of nitrogens with one attached hydrogen (secondary N) is 1. The van der Waals surface area contributed by atoms with Crippen LogP contribution >= 0.6 is 7.14 Å². The van der Waals surface area contributed by atoms with E-state index in [4.69, 9.17) is 0 Å². The Balaban J connectivity index is 1.92. The van der Waals surface area contributed by atoms with Gasteiger partial charge in [0.2, 0.25) is 0 Å². The molecule has 1 saturated heterocycles. The first-order valence-corrected chi connectivity index (χ1v) is 11.9. The molecule has 1 aromatic heterocycles. The van der Waals surface area contributed by atoms with Crippen molar-refractivity contribution in [3.8, 4) is 5.75 Å². The molecule has 2 N–H and O–H groups in total. The van der Waals surface area contributed by atoms with Gasteiger partial charge in [-0.2, -0.15) is 0 Å². The zero-order valence-electron chi connectivity index (χ0n) is 17.0. The van der Waals surface area contributed by atoms with Gasteiger partial charge in [-0.25, -0.2) is 0 Å². The van der Waals surface area contributed by atoms with E-state index in [1.165, 1.54) is 0 Å². The van der Waals surface area contributed by atoms with E-state index in [-0.39, 0.29) is 11.4 Å². The second-order valence-electron chi connectivity index (χ2n) is 8.30. The molecule has 0 amide bonds. The van der Waals surface area contributed by atoms with Gasteiger partial charge in [0.25, 0.3) is 0 Å². The van der Waals surface area contributed by atoms with Crippen molar-refractivity contribution in [3.63, 3.8) is 0 Å². The molecule has 5 heteroatoms. The van der Waals surface area contributed by atoms with Gasteiger partial charge < -0.3 is 15.0 Å². The van der Waals surface area contributed by atoms with Crippen molar-refractivity contribution in [2.24, 2.45) is 11.8 Å². The van der Waals surface area contributed by atoms with E-state index in [1.807, 2.05) is 45.0 Å². The van der Waals surface area contributed by atoms with Crippen LogP contribution in [0.5, 0.6) is 5.75 Å². The molecular formula is C22H31N2O2P. The molecule has 0 saturated carbocycles. The monoisotopic (exact) mass is 386 g/mol. The van der Waals surface area contributed by atoms with E-state index >= 15 is 0 Å². The molecule has 4 atom stereocenters. The standard InChI is InChI=1S/C22H31N2O2P/c1-14-10-19(7-9-21(14)25)22(27(26)12-15(2)16(3)13-27)11-23-20-8-6-17(4)24-18(20)5/h6-10,15-16,22-23,25H,11-13H2,1-5H3/t15-,16+,22?,27?. The summed E-state index contributed by atoms with van der Waals surface area (Å²) in [5.74, 6) is 1.26. The number of hydrogen-bond donors (Lipinski definition) is 2. The lowest BCUT2D eigenvalue weighted by Crippen LogP contribution is -2.16. The number of benzene rings is 1. The Labute approximate surface area is 162 Å². The third-order valence-corrected chi connectivity index (χ3v) is 10.1. The van der Waals surface area contributed by atoms with Crippen LogP contribution in [0, 0.1) is 32.6 Å². The van der Waals surface area contributed by atoms with Crippen molar-refractivity contribution in [1.29, 1.82) is 0 Å². The predicted molar refractivity (Wildman–Crippen MR) is 113 cm³/mol. The minimum Gasteiger partial charge on any atom is -0.508 e. The van der Waals surface area contributed by atoms with Crippen LogP contribution in [0.15, 0.2) is 30.3 Å². The molecular weight excluding hydrogens is 355 g/mol. The lowest BCUT2D eigenvalue weighted by Gasteiger charge is -2.27. The summed E-state index contributed by atoms with van der Waals surface area (Å²) in [6, 6.07) is 9.70. The van der Waals surface area contributed by atoms with Gasteiger partial charge in [-0.3, -0.25) is 4.98 Å². The second kappa shape index (κ2) is 7.67. The minimum atomic E-state index is -2.38. The fourth-order valence-electron chi connectivity index (χ4n) is 4.19.